The zero-order chi connectivity index (χ0) is 15.3. The van der Waals surface area contributed by atoms with E-state index in [0.29, 0.717) is 18.7 Å². The van der Waals surface area contributed by atoms with Gasteiger partial charge in [-0.15, -0.1) is 0 Å². The number of rotatable bonds is 7. The zero-order valence-corrected chi connectivity index (χ0v) is 14.0. The van der Waals surface area contributed by atoms with Crippen molar-refractivity contribution in [2.75, 3.05) is 20.3 Å². The van der Waals surface area contributed by atoms with Gasteiger partial charge in [0.25, 0.3) is 5.91 Å². The van der Waals surface area contributed by atoms with Gasteiger partial charge in [-0.05, 0) is 42.8 Å². The molecule has 114 valence electrons. The van der Waals surface area contributed by atoms with Gasteiger partial charge >= 0.3 is 0 Å². The third kappa shape index (κ3) is 4.92. The number of hydrogen-bond acceptors (Lipinski definition) is 3. The SMILES string of the molecule is COCCC(C)(O)CNC(=O)c1cc(Br)cn1C(C)C. The molecule has 1 heterocycles. The molecule has 0 aliphatic rings. The summed E-state index contributed by atoms with van der Waals surface area (Å²) in [6.45, 7) is 6.35. The molecule has 0 aromatic carbocycles. The average molecular weight is 347 g/mol. The van der Waals surface area contributed by atoms with Crippen LogP contribution in [0, 0.1) is 0 Å². The smallest absolute Gasteiger partial charge is 0.268 e. The highest BCUT2D eigenvalue weighted by Gasteiger charge is 2.22. The third-order valence-electron chi connectivity index (χ3n) is 3.08. The highest BCUT2D eigenvalue weighted by Crippen LogP contribution is 2.19. The van der Waals surface area contributed by atoms with Crippen molar-refractivity contribution >= 4 is 21.8 Å². The summed E-state index contributed by atoms with van der Waals surface area (Å²) in [5, 5.41) is 12.9. The maximum absolute atomic E-state index is 12.2. The Labute approximate surface area is 128 Å². The molecule has 1 unspecified atom stereocenters. The molecule has 0 spiro atoms. The number of ether oxygens (including phenoxy) is 1. The summed E-state index contributed by atoms with van der Waals surface area (Å²) in [6, 6.07) is 1.97. The summed E-state index contributed by atoms with van der Waals surface area (Å²) >= 11 is 3.38. The molecule has 1 rings (SSSR count). The Balaban J connectivity index is 2.68. The highest BCUT2D eigenvalue weighted by molar-refractivity contribution is 9.10. The number of nitrogens with zero attached hydrogens (tertiary/aromatic N) is 1. The standard InChI is InChI=1S/C14H23BrN2O3/c1-10(2)17-8-11(15)7-12(17)13(18)16-9-14(3,19)5-6-20-4/h7-8,10,19H,5-6,9H2,1-4H3,(H,16,18). The van der Waals surface area contributed by atoms with E-state index in [1.807, 2.05) is 24.6 Å². The number of nitrogens with one attached hydrogen (secondary N) is 1. The van der Waals surface area contributed by atoms with Crippen LogP contribution in [0.5, 0.6) is 0 Å². The summed E-state index contributed by atoms with van der Waals surface area (Å²) in [6.07, 6.45) is 2.35. The molecule has 20 heavy (non-hydrogen) atoms. The molecule has 0 aliphatic heterocycles. The number of methoxy groups -OCH3 is 1. The topological polar surface area (TPSA) is 63.5 Å². The summed E-state index contributed by atoms with van der Waals surface area (Å²) in [7, 11) is 1.59. The van der Waals surface area contributed by atoms with Crippen molar-refractivity contribution in [1.82, 2.24) is 9.88 Å². The Morgan fingerprint density at radius 3 is 2.80 bits per heavy atom. The summed E-state index contributed by atoms with van der Waals surface area (Å²) in [4.78, 5) is 12.2. The molecule has 1 atom stereocenters. The van der Waals surface area contributed by atoms with Crippen LogP contribution in [0.25, 0.3) is 0 Å². The fourth-order valence-corrected chi connectivity index (χ4v) is 2.26. The van der Waals surface area contributed by atoms with E-state index in [-0.39, 0.29) is 18.5 Å². The maximum Gasteiger partial charge on any atom is 0.268 e. The molecule has 0 bridgehead atoms. The van der Waals surface area contributed by atoms with E-state index in [9.17, 15) is 9.90 Å². The van der Waals surface area contributed by atoms with Crippen LogP contribution in [0.4, 0.5) is 0 Å². The first kappa shape index (κ1) is 17.2. The van der Waals surface area contributed by atoms with Crippen LogP contribution in [0.15, 0.2) is 16.7 Å². The summed E-state index contributed by atoms with van der Waals surface area (Å²) in [5.74, 6) is -0.193. The Kier molecular flexibility index (Phi) is 6.23. The summed E-state index contributed by atoms with van der Waals surface area (Å²) in [5.41, 5.74) is -0.396. The lowest BCUT2D eigenvalue weighted by Gasteiger charge is -2.23. The number of halogens is 1. The predicted molar refractivity (Wildman–Crippen MR) is 82.0 cm³/mol. The van der Waals surface area contributed by atoms with Gasteiger partial charge in [0.2, 0.25) is 0 Å². The molecule has 0 saturated heterocycles. The molecular weight excluding hydrogens is 324 g/mol. The Morgan fingerprint density at radius 1 is 1.60 bits per heavy atom. The van der Waals surface area contributed by atoms with Crippen LogP contribution in [0.2, 0.25) is 0 Å². The first-order valence-corrected chi connectivity index (χ1v) is 7.43. The second-order valence-electron chi connectivity index (χ2n) is 5.47. The van der Waals surface area contributed by atoms with Gasteiger partial charge in [0, 0.05) is 43.4 Å². The van der Waals surface area contributed by atoms with Crippen molar-refractivity contribution < 1.29 is 14.6 Å². The van der Waals surface area contributed by atoms with Gasteiger partial charge in [0.05, 0.1) is 5.60 Å². The number of aliphatic hydroxyl groups is 1. The van der Waals surface area contributed by atoms with Gasteiger partial charge < -0.3 is 19.7 Å². The average Bonchev–Trinajstić information content (AvgIpc) is 2.76. The number of aromatic nitrogens is 1. The third-order valence-corrected chi connectivity index (χ3v) is 3.51. The monoisotopic (exact) mass is 346 g/mol. The lowest BCUT2D eigenvalue weighted by Crippen LogP contribution is -2.41. The molecule has 6 heteroatoms. The van der Waals surface area contributed by atoms with E-state index in [2.05, 4.69) is 21.2 Å². The molecule has 1 amide bonds. The fraction of sp³-hybridized carbons (Fsp3) is 0.643. The first-order chi connectivity index (χ1) is 9.26. The van der Waals surface area contributed by atoms with Gasteiger partial charge in [0.15, 0.2) is 0 Å². The van der Waals surface area contributed by atoms with Crippen LogP contribution in [-0.2, 0) is 4.74 Å². The second kappa shape index (κ2) is 7.24. The van der Waals surface area contributed by atoms with Crippen LogP contribution < -0.4 is 5.32 Å². The number of carbonyl (C=O) groups is 1. The van der Waals surface area contributed by atoms with Gasteiger partial charge in [-0.25, -0.2) is 0 Å². The van der Waals surface area contributed by atoms with Crippen molar-refractivity contribution in [3.8, 4) is 0 Å². The predicted octanol–water partition coefficient (Wildman–Crippen LogP) is 2.35. The molecule has 1 aromatic heterocycles. The normalized spacial score (nSPS) is 14.3. The van der Waals surface area contributed by atoms with Gasteiger partial charge in [-0.2, -0.15) is 0 Å². The van der Waals surface area contributed by atoms with Crippen molar-refractivity contribution in [2.24, 2.45) is 0 Å². The lowest BCUT2D eigenvalue weighted by molar-refractivity contribution is 0.0242. The van der Waals surface area contributed by atoms with Crippen LogP contribution >= 0.6 is 15.9 Å². The molecule has 0 saturated carbocycles. The van der Waals surface area contributed by atoms with Gasteiger partial charge in [-0.3, -0.25) is 4.79 Å². The van der Waals surface area contributed by atoms with Crippen LogP contribution in [0.3, 0.4) is 0 Å². The first-order valence-electron chi connectivity index (χ1n) is 6.64. The maximum atomic E-state index is 12.2. The van der Waals surface area contributed by atoms with E-state index in [4.69, 9.17) is 4.74 Å². The van der Waals surface area contributed by atoms with E-state index in [1.54, 1.807) is 20.1 Å². The van der Waals surface area contributed by atoms with E-state index < -0.39 is 5.60 Å². The van der Waals surface area contributed by atoms with Crippen molar-refractivity contribution in [3.63, 3.8) is 0 Å². The molecule has 0 fully saturated rings. The van der Waals surface area contributed by atoms with Gasteiger partial charge in [-0.1, -0.05) is 0 Å². The molecule has 0 aliphatic carbocycles. The Morgan fingerprint density at radius 2 is 2.25 bits per heavy atom. The van der Waals surface area contributed by atoms with Crippen molar-refractivity contribution in [3.05, 3.63) is 22.4 Å². The molecule has 2 N–H and O–H groups in total. The number of hydrogen-bond donors (Lipinski definition) is 2. The lowest BCUT2D eigenvalue weighted by atomic mass is 10.0. The molecule has 0 radical (unpaired) electrons. The zero-order valence-electron chi connectivity index (χ0n) is 12.4. The number of amides is 1. The Hall–Kier alpha value is -0.850. The Bertz CT molecular complexity index is 455. The minimum absolute atomic E-state index is 0.191. The minimum Gasteiger partial charge on any atom is -0.388 e. The van der Waals surface area contributed by atoms with E-state index in [1.165, 1.54) is 0 Å². The van der Waals surface area contributed by atoms with Crippen LogP contribution in [-0.4, -0.2) is 41.4 Å². The number of carbonyl (C=O) groups excluding carboxylic acids is 1. The fourth-order valence-electron chi connectivity index (χ4n) is 1.83. The minimum atomic E-state index is -0.974. The molecule has 5 nitrogen and oxygen atoms in total. The van der Waals surface area contributed by atoms with E-state index >= 15 is 0 Å². The molecular formula is C14H23BrN2O3. The van der Waals surface area contributed by atoms with Crippen molar-refractivity contribution in [1.29, 1.82) is 0 Å². The van der Waals surface area contributed by atoms with Crippen LogP contribution in [0.1, 0.15) is 43.7 Å². The highest BCUT2D eigenvalue weighted by atomic mass is 79.9. The van der Waals surface area contributed by atoms with E-state index in [0.717, 1.165) is 4.47 Å². The summed E-state index contributed by atoms with van der Waals surface area (Å²) < 4.78 is 7.70. The quantitative estimate of drug-likeness (QED) is 0.796. The second-order valence-corrected chi connectivity index (χ2v) is 6.38. The molecule has 1 aromatic rings. The van der Waals surface area contributed by atoms with Crippen molar-refractivity contribution in [2.45, 2.75) is 38.8 Å². The largest absolute Gasteiger partial charge is 0.388 e. The van der Waals surface area contributed by atoms with Gasteiger partial charge in [0.1, 0.15) is 5.69 Å².